The van der Waals surface area contributed by atoms with Crippen LogP contribution in [0.4, 0.5) is 0 Å². The second kappa shape index (κ2) is 12.5. The third-order valence-corrected chi connectivity index (χ3v) is 7.04. The van der Waals surface area contributed by atoms with E-state index in [1.807, 2.05) is 0 Å². The van der Waals surface area contributed by atoms with E-state index < -0.39 is 78.6 Å². The van der Waals surface area contributed by atoms with Crippen molar-refractivity contribution in [1.29, 1.82) is 5.41 Å². The van der Waals surface area contributed by atoms with Crippen LogP contribution in [0.25, 0.3) is 0 Å². The first-order valence-electron chi connectivity index (χ1n) is 12.5. The predicted molar refractivity (Wildman–Crippen MR) is 131 cm³/mol. The number of guanidine groups is 1. The maximum atomic E-state index is 13.6. The van der Waals surface area contributed by atoms with Gasteiger partial charge in [0, 0.05) is 18.5 Å². The van der Waals surface area contributed by atoms with Gasteiger partial charge >= 0.3 is 5.97 Å². The van der Waals surface area contributed by atoms with Gasteiger partial charge < -0.3 is 48.1 Å². The molecule has 0 radical (unpaired) electrons. The molecule has 0 saturated carbocycles. The minimum atomic E-state index is -1.51. The van der Waals surface area contributed by atoms with Crippen molar-refractivity contribution < 1.29 is 33.9 Å². The molecule has 3 aliphatic rings. The van der Waals surface area contributed by atoms with Crippen LogP contribution in [0.15, 0.2) is 0 Å². The smallest absolute Gasteiger partial charge is 0.305 e. The van der Waals surface area contributed by atoms with Gasteiger partial charge in [-0.3, -0.25) is 34.2 Å². The zero-order valence-electron chi connectivity index (χ0n) is 20.8. The lowest BCUT2D eigenvalue weighted by molar-refractivity contribution is -0.149. The van der Waals surface area contributed by atoms with Gasteiger partial charge in [0.15, 0.2) is 5.96 Å². The summed E-state index contributed by atoms with van der Waals surface area (Å²) in [5.74, 6) is -5.50. The van der Waals surface area contributed by atoms with E-state index in [1.165, 1.54) is 4.90 Å². The highest BCUT2D eigenvalue weighted by Gasteiger charge is 2.50. The molecule has 3 rings (SSSR count). The molecule has 6 atom stereocenters. The monoisotopic (exact) mass is 537 g/mol. The molecule has 5 amide bonds. The number of piperidine rings is 1. The molecule has 0 aromatic carbocycles. The first-order valence-corrected chi connectivity index (χ1v) is 12.5. The van der Waals surface area contributed by atoms with Gasteiger partial charge in [0.1, 0.15) is 24.2 Å². The molecule has 0 aliphatic carbocycles. The summed E-state index contributed by atoms with van der Waals surface area (Å²) in [6.45, 7) is -0.243. The van der Waals surface area contributed by atoms with Crippen LogP contribution in [-0.4, -0.2) is 101 Å². The summed E-state index contributed by atoms with van der Waals surface area (Å²) in [4.78, 5) is 78.0. The Morgan fingerprint density at radius 1 is 1.05 bits per heavy atom. The topological polar surface area (TPSA) is 262 Å². The maximum absolute atomic E-state index is 13.6. The van der Waals surface area contributed by atoms with Crippen molar-refractivity contribution in [2.45, 2.75) is 68.7 Å². The van der Waals surface area contributed by atoms with Crippen molar-refractivity contribution in [3.8, 4) is 0 Å². The summed E-state index contributed by atoms with van der Waals surface area (Å²) in [7, 11) is 0. The zero-order valence-corrected chi connectivity index (χ0v) is 20.8. The molecule has 3 fully saturated rings. The van der Waals surface area contributed by atoms with E-state index in [2.05, 4.69) is 26.6 Å². The number of fused-ring (bicyclic) bond motifs is 1. The molecule has 2 bridgehead atoms. The summed E-state index contributed by atoms with van der Waals surface area (Å²) in [6.07, 6.45) is 1.05. The minimum Gasteiger partial charge on any atom is -0.481 e. The number of rotatable bonds is 7. The second-order valence-electron chi connectivity index (χ2n) is 9.69. The molecule has 3 heterocycles. The number of carbonyl (C=O) groups is 6. The minimum absolute atomic E-state index is 0.0721. The number of carboxylic acids is 1. The molecular weight excluding hydrogens is 502 g/mol. The summed E-state index contributed by atoms with van der Waals surface area (Å²) < 4.78 is 0. The largest absolute Gasteiger partial charge is 0.481 e. The summed E-state index contributed by atoms with van der Waals surface area (Å²) in [5.41, 5.74) is 11.2. The molecule has 16 heteroatoms. The summed E-state index contributed by atoms with van der Waals surface area (Å²) in [6, 6.07) is -4.83. The quantitative estimate of drug-likeness (QED) is 0.0855. The number of nitrogens with one attached hydrogen (secondary N) is 6. The van der Waals surface area contributed by atoms with Gasteiger partial charge in [-0.2, -0.15) is 0 Å². The third-order valence-electron chi connectivity index (χ3n) is 7.04. The van der Waals surface area contributed by atoms with Crippen molar-refractivity contribution >= 4 is 41.5 Å². The first kappa shape index (κ1) is 28.6. The predicted octanol–water partition coefficient (Wildman–Crippen LogP) is -4.35. The fourth-order valence-electron chi connectivity index (χ4n) is 5.20. The molecule has 4 unspecified atom stereocenters. The number of aliphatic carboxylic acids is 1. The van der Waals surface area contributed by atoms with Crippen LogP contribution < -0.4 is 38.1 Å². The number of carboxylic acid groups (broad SMARTS) is 1. The normalized spacial score (nSPS) is 30.2. The lowest BCUT2D eigenvalue weighted by atomic mass is 9.86. The number of amides is 5. The Balaban J connectivity index is 1.90. The number of hydrogen-bond acceptors (Lipinski definition) is 8. The molecule has 3 aliphatic heterocycles. The number of carbonyl (C=O) groups excluding carboxylic acids is 5. The highest BCUT2D eigenvalue weighted by molar-refractivity contribution is 5.98. The molecule has 16 nitrogen and oxygen atoms in total. The van der Waals surface area contributed by atoms with Crippen molar-refractivity contribution in [2.24, 2.45) is 17.4 Å². The summed E-state index contributed by atoms with van der Waals surface area (Å²) >= 11 is 0. The van der Waals surface area contributed by atoms with Gasteiger partial charge in [0.25, 0.3) is 0 Å². The van der Waals surface area contributed by atoms with Crippen LogP contribution in [-0.2, 0) is 28.8 Å². The van der Waals surface area contributed by atoms with E-state index in [0.717, 1.165) is 0 Å². The van der Waals surface area contributed by atoms with Gasteiger partial charge in [-0.25, -0.2) is 0 Å². The number of nitrogens with zero attached hydrogens (tertiary/aromatic N) is 1. The maximum Gasteiger partial charge on any atom is 0.305 e. The average Bonchev–Trinajstić information content (AvgIpc) is 3.28. The highest BCUT2D eigenvalue weighted by Crippen LogP contribution is 2.35. The second-order valence-corrected chi connectivity index (χ2v) is 9.69. The van der Waals surface area contributed by atoms with Crippen molar-refractivity contribution in [3.05, 3.63) is 0 Å². The molecule has 0 spiro atoms. The van der Waals surface area contributed by atoms with Crippen molar-refractivity contribution in [3.63, 3.8) is 0 Å². The van der Waals surface area contributed by atoms with E-state index in [0.29, 0.717) is 25.7 Å². The van der Waals surface area contributed by atoms with Crippen LogP contribution in [0.1, 0.15) is 38.5 Å². The van der Waals surface area contributed by atoms with Gasteiger partial charge in [-0.15, -0.1) is 0 Å². The van der Waals surface area contributed by atoms with Crippen molar-refractivity contribution in [1.82, 2.24) is 31.5 Å². The Bertz CT molecular complexity index is 990. The fourth-order valence-corrected chi connectivity index (χ4v) is 5.20. The molecular formula is C22H35N9O7. The zero-order chi connectivity index (χ0) is 28.0. The molecule has 210 valence electrons. The van der Waals surface area contributed by atoms with Gasteiger partial charge in [0.2, 0.25) is 29.5 Å². The van der Waals surface area contributed by atoms with E-state index in [9.17, 15) is 33.9 Å². The van der Waals surface area contributed by atoms with E-state index >= 15 is 0 Å². The molecule has 38 heavy (non-hydrogen) atoms. The van der Waals surface area contributed by atoms with Crippen LogP contribution in [0, 0.1) is 11.3 Å². The van der Waals surface area contributed by atoms with Crippen LogP contribution in [0.5, 0.6) is 0 Å². The first-order chi connectivity index (χ1) is 18.0. The van der Waals surface area contributed by atoms with Crippen molar-refractivity contribution in [2.75, 3.05) is 19.6 Å². The van der Waals surface area contributed by atoms with E-state index in [1.54, 1.807) is 0 Å². The average molecular weight is 538 g/mol. The lowest BCUT2D eigenvalue weighted by Gasteiger charge is -2.42. The Hall–Kier alpha value is -3.95. The number of nitrogens with two attached hydrogens (primary N) is 2. The SMILES string of the molecule is N=C(N)NCCC[C@@H]1NC(=O)C2CCC3CC(CN)[C@@H](NC(=O)C(CC(=O)O)NC(=O)CNC1=O)C(=O)N32. The molecule has 3 saturated heterocycles. The van der Waals surface area contributed by atoms with Gasteiger partial charge in [-0.05, 0) is 38.6 Å². The Morgan fingerprint density at radius 3 is 2.45 bits per heavy atom. The summed E-state index contributed by atoms with van der Waals surface area (Å²) in [5, 5.41) is 29.0. The molecule has 0 aromatic heterocycles. The van der Waals surface area contributed by atoms with Gasteiger partial charge in [-0.1, -0.05) is 0 Å². The fraction of sp³-hybridized carbons (Fsp3) is 0.682. The third kappa shape index (κ3) is 6.87. The molecule has 11 N–H and O–H groups in total. The van der Waals surface area contributed by atoms with E-state index in [-0.39, 0.29) is 31.5 Å². The van der Waals surface area contributed by atoms with Crippen LogP contribution in [0.2, 0.25) is 0 Å². The van der Waals surface area contributed by atoms with Crippen LogP contribution in [0.3, 0.4) is 0 Å². The number of hydrogen-bond donors (Lipinski definition) is 9. The van der Waals surface area contributed by atoms with E-state index in [4.69, 9.17) is 16.9 Å². The van der Waals surface area contributed by atoms with Crippen LogP contribution >= 0.6 is 0 Å². The lowest BCUT2D eigenvalue weighted by Crippen LogP contribution is -2.64. The Morgan fingerprint density at radius 2 is 1.79 bits per heavy atom. The molecule has 0 aromatic rings. The Kier molecular flexibility index (Phi) is 9.44. The highest BCUT2D eigenvalue weighted by atomic mass is 16.4. The standard InChI is InChI=1S/C22H35N9O7/c23-8-10-6-11-3-4-14-20(37)29-12(2-1-5-26-22(24)25)18(35)27-9-15(32)28-13(7-16(33)34)19(36)30-17(10)21(38)31(11)14/h10-14,17H,1-9,23H2,(H,27,35)(H,28,32)(H,29,37)(H,30,36)(H,33,34)(H4,24,25,26)/t10?,11?,12-,13?,14?,17+/m0/s1. The Labute approximate surface area is 218 Å². The van der Waals surface area contributed by atoms with Gasteiger partial charge in [0.05, 0.1) is 13.0 Å².